The monoisotopic (exact) mass is 285 g/mol. The van der Waals surface area contributed by atoms with Gasteiger partial charge in [-0.3, -0.25) is 4.79 Å². The molecule has 1 aromatic rings. The Morgan fingerprint density at radius 3 is 2.27 bits per heavy atom. The second-order valence-electron chi connectivity index (χ2n) is 2.85. The normalized spacial score (nSPS) is 12.3. The Morgan fingerprint density at radius 1 is 1.20 bits per heavy atom. The van der Waals surface area contributed by atoms with Crippen molar-refractivity contribution in [2.24, 2.45) is 0 Å². The predicted molar refractivity (Wildman–Crippen MR) is 65.4 cm³/mol. The maximum absolute atomic E-state index is 11.3. The second kappa shape index (κ2) is 5.26. The Labute approximate surface area is 107 Å². The van der Waals surface area contributed by atoms with Crippen LogP contribution in [0, 0.1) is 0 Å². The second-order valence-corrected chi connectivity index (χ2v) is 4.73. The first-order chi connectivity index (χ1) is 6.91. The van der Waals surface area contributed by atoms with Crippen molar-refractivity contribution < 1.29 is 4.79 Å². The van der Waals surface area contributed by atoms with Gasteiger partial charge in [0.1, 0.15) is 5.38 Å². The average Bonchev–Trinajstić information content (AvgIpc) is 2.13. The summed E-state index contributed by atoms with van der Waals surface area (Å²) in [7, 11) is 0. The first-order valence-electron chi connectivity index (χ1n) is 4.01. The van der Waals surface area contributed by atoms with Crippen LogP contribution in [0.15, 0.2) is 12.1 Å². The highest BCUT2D eigenvalue weighted by Gasteiger charge is 2.12. The van der Waals surface area contributed by atoms with Crippen LogP contribution in [0.25, 0.3) is 0 Å². The number of anilines is 1. The first-order valence-corrected chi connectivity index (χ1v) is 5.58. The Kier molecular flexibility index (Phi) is 4.53. The number of halogens is 4. The minimum Gasteiger partial charge on any atom is -0.323 e. The molecule has 0 aliphatic heterocycles. The van der Waals surface area contributed by atoms with Gasteiger partial charge in [-0.25, -0.2) is 0 Å². The molecule has 2 nitrogen and oxygen atoms in total. The third-order valence-corrected chi connectivity index (χ3v) is 2.86. The van der Waals surface area contributed by atoms with Gasteiger partial charge in [-0.2, -0.15) is 0 Å². The summed E-state index contributed by atoms with van der Waals surface area (Å²) < 4.78 is 0. The summed E-state index contributed by atoms with van der Waals surface area (Å²) in [6.45, 7) is 1.56. The molecule has 0 aliphatic rings. The molecular weight excluding hydrogens is 280 g/mol. The lowest BCUT2D eigenvalue weighted by molar-refractivity contribution is -0.115. The Morgan fingerprint density at radius 2 is 1.73 bits per heavy atom. The van der Waals surface area contributed by atoms with Crippen LogP contribution in [0.1, 0.15) is 6.92 Å². The largest absolute Gasteiger partial charge is 0.323 e. The van der Waals surface area contributed by atoms with E-state index in [9.17, 15) is 4.79 Å². The van der Waals surface area contributed by atoms with Crippen molar-refractivity contribution in [3.05, 3.63) is 27.2 Å². The number of benzene rings is 1. The van der Waals surface area contributed by atoms with Crippen LogP contribution in [0.4, 0.5) is 5.69 Å². The number of carbonyl (C=O) groups is 1. The van der Waals surface area contributed by atoms with Crippen LogP contribution in [-0.4, -0.2) is 11.3 Å². The highest BCUT2D eigenvalue weighted by atomic mass is 35.5. The average molecular weight is 287 g/mol. The molecule has 0 saturated heterocycles. The molecule has 0 heterocycles. The number of hydrogen-bond acceptors (Lipinski definition) is 1. The van der Waals surface area contributed by atoms with Gasteiger partial charge in [0.25, 0.3) is 0 Å². The summed E-state index contributed by atoms with van der Waals surface area (Å²) in [4.78, 5) is 11.3. The number of nitrogens with one attached hydrogen (secondary N) is 1. The molecule has 15 heavy (non-hydrogen) atoms. The predicted octanol–water partition coefficient (Wildman–Crippen LogP) is 4.21. The van der Waals surface area contributed by atoms with Crippen molar-refractivity contribution >= 4 is 58.0 Å². The SMILES string of the molecule is C[C@H](Cl)C(=O)Nc1cc(Cl)c(Cl)cc1Cl. The third-order valence-electron chi connectivity index (χ3n) is 1.63. The topological polar surface area (TPSA) is 29.1 Å². The van der Waals surface area contributed by atoms with Gasteiger partial charge in [0, 0.05) is 0 Å². The van der Waals surface area contributed by atoms with Crippen LogP contribution in [-0.2, 0) is 4.79 Å². The number of carbonyl (C=O) groups excluding carboxylic acids is 1. The summed E-state index contributed by atoms with van der Waals surface area (Å²) in [5.74, 6) is -0.350. The fourth-order valence-electron chi connectivity index (χ4n) is 0.851. The van der Waals surface area contributed by atoms with Gasteiger partial charge >= 0.3 is 0 Å². The van der Waals surface area contributed by atoms with Gasteiger partial charge in [-0.15, -0.1) is 11.6 Å². The van der Waals surface area contributed by atoms with Crippen LogP contribution in [0.5, 0.6) is 0 Å². The Bertz CT molecular complexity index is 392. The zero-order valence-corrected chi connectivity index (χ0v) is 10.7. The van der Waals surface area contributed by atoms with Gasteiger partial charge in [0.05, 0.1) is 20.8 Å². The number of rotatable bonds is 2. The van der Waals surface area contributed by atoms with Crippen molar-refractivity contribution in [1.29, 1.82) is 0 Å². The number of amides is 1. The third kappa shape index (κ3) is 3.42. The molecule has 1 atom stereocenters. The Hall–Kier alpha value is -0.150. The summed E-state index contributed by atoms with van der Waals surface area (Å²) in [6.07, 6.45) is 0. The molecule has 6 heteroatoms. The van der Waals surface area contributed by atoms with Crippen LogP contribution in [0.3, 0.4) is 0 Å². The molecule has 0 fully saturated rings. The van der Waals surface area contributed by atoms with Gasteiger partial charge in [0.15, 0.2) is 0 Å². The van der Waals surface area contributed by atoms with E-state index in [0.717, 1.165) is 0 Å². The molecule has 0 bridgehead atoms. The molecule has 1 rings (SSSR count). The van der Waals surface area contributed by atoms with E-state index in [2.05, 4.69) is 5.32 Å². The van der Waals surface area contributed by atoms with E-state index in [4.69, 9.17) is 46.4 Å². The van der Waals surface area contributed by atoms with Crippen LogP contribution in [0.2, 0.25) is 15.1 Å². The van der Waals surface area contributed by atoms with E-state index in [1.165, 1.54) is 12.1 Å². The number of hydrogen-bond donors (Lipinski definition) is 1. The highest BCUT2D eigenvalue weighted by Crippen LogP contribution is 2.32. The number of alkyl halides is 1. The van der Waals surface area contributed by atoms with Crippen molar-refractivity contribution in [1.82, 2.24) is 0 Å². The van der Waals surface area contributed by atoms with Gasteiger partial charge in [0.2, 0.25) is 5.91 Å². The summed E-state index contributed by atoms with van der Waals surface area (Å²) in [6, 6.07) is 2.93. The molecule has 82 valence electrons. The lowest BCUT2D eigenvalue weighted by Gasteiger charge is -2.09. The smallest absolute Gasteiger partial charge is 0.242 e. The quantitative estimate of drug-likeness (QED) is 0.640. The van der Waals surface area contributed by atoms with Crippen molar-refractivity contribution in [2.45, 2.75) is 12.3 Å². The minimum atomic E-state index is -0.643. The van der Waals surface area contributed by atoms with E-state index in [-0.39, 0.29) is 5.91 Å². The van der Waals surface area contributed by atoms with E-state index < -0.39 is 5.38 Å². The fraction of sp³-hybridized carbons (Fsp3) is 0.222. The highest BCUT2D eigenvalue weighted by molar-refractivity contribution is 6.44. The molecule has 1 amide bonds. The molecule has 0 spiro atoms. The molecule has 0 unspecified atom stereocenters. The molecular formula is C9H7Cl4NO. The molecule has 0 saturated carbocycles. The minimum absolute atomic E-state index is 0.315. The van der Waals surface area contributed by atoms with Crippen molar-refractivity contribution in [3.8, 4) is 0 Å². The maximum Gasteiger partial charge on any atom is 0.242 e. The zero-order valence-electron chi connectivity index (χ0n) is 7.65. The molecule has 0 radical (unpaired) electrons. The van der Waals surface area contributed by atoms with Crippen molar-refractivity contribution in [2.75, 3.05) is 5.32 Å². The summed E-state index contributed by atoms with van der Waals surface area (Å²) in [5, 5.41) is 2.85. The fourth-order valence-corrected chi connectivity index (χ4v) is 1.50. The lowest BCUT2D eigenvalue weighted by atomic mass is 10.3. The lowest BCUT2D eigenvalue weighted by Crippen LogP contribution is -2.20. The van der Waals surface area contributed by atoms with Crippen LogP contribution < -0.4 is 5.32 Å². The molecule has 0 aromatic heterocycles. The van der Waals surface area contributed by atoms with Gasteiger partial charge in [-0.1, -0.05) is 34.8 Å². The molecule has 0 aliphatic carbocycles. The molecule has 1 N–H and O–H groups in total. The van der Waals surface area contributed by atoms with Gasteiger partial charge < -0.3 is 5.32 Å². The van der Waals surface area contributed by atoms with E-state index >= 15 is 0 Å². The zero-order chi connectivity index (χ0) is 11.6. The maximum atomic E-state index is 11.3. The first kappa shape index (κ1) is 12.9. The Balaban J connectivity index is 2.96. The van der Waals surface area contributed by atoms with Crippen LogP contribution >= 0.6 is 46.4 Å². The standard InChI is InChI=1S/C9H7Cl4NO/c1-4(10)9(15)14-8-3-6(12)5(11)2-7(8)13/h2-4H,1H3,(H,14,15)/t4-/m0/s1. The van der Waals surface area contributed by atoms with E-state index in [1.807, 2.05) is 0 Å². The summed E-state index contributed by atoms with van der Waals surface area (Å²) >= 11 is 22.9. The summed E-state index contributed by atoms with van der Waals surface area (Å²) in [5.41, 5.74) is 0.392. The van der Waals surface area contributed by atoms with E-state index in [0.29, 0.717) is 20.8 Å². The van der Waals surface area contributed by atoms with E-state index in [1.54, 1.807) is 6.92 Å². The van der Waals surface area contributed by atoms with Crippen molar-refractivity contribution in [3.63, 3.8) is 0 Å². The molecule has 1 aromatic carbocycles. The van der Waals surface area contributed by atoms with Gasteiger partial charge in [-0.05, 0) is 19.1 Å².